The van der Waals surface area contributed by atoms with E-state index in [4.69, 9.17) is 9.47 Å². The third-order valence-electron chi connectivity index (χ3n) is 20.7. The third kappa shape index (κ3) is 82.8. The number of esters is 2. The molecule has 94 heavy (non-hydrogen) atoms. The molecule has 0 aliphatic heterocycles. The van der Waals surface area contributed by atoms with E-state index in [1.54, 1.807) is 0 Å². The molecule has 0 fully saturated rings. The lowest BCUT2D eigenvalue weighted by Gasteiger charge is -2.15. The molecule has 0 amide bonds. The highest BCUT2D eigenvalue weighted by atomic mass is 16.6. The van der Waals surface area contributed by atoms with E-state index in [1.165, 1.54) is 449 Å². The summed E-state index contributed by atoms with van der Waals surface area (Å²) in [5.74, 6) is -0.556. The Morgan fingerprint density at radius 3 is 0.628 bits per heavy atom. The zero-order chi connectivity index (χ0) is 67.5. The Balaban J connectivity index is 3.32. The number of carbonyl (C=O) groups is 2. The number of hydrogen-bond acceptors (Lipinski definition) is 5. The summed E-state index contributed by atoms with van der Waals surface area (Å²) in [7, 11) is 0. The van der Waals surface area contributed by atoms with Gasteiger partial charge in [-0.2, -0.15) is 0 Å². The molecule has 0 aromatic heterocycles. The van der Waals surface area contributed by atoms with Gasteiger partial charge in [0.1, 0.15) is 6.61 Å². The highest BCUT2D eigenvalue weighted by molar-refractivity contribution is 5.70. The molecule has 5 nitrogen and oxygen atoms in total. The van der Waals surface area contributed by atoms with Crippen LogP contribution in [0.2, 0.25) is 0 Å². The Hall–Kier alpha value is -1.62. The van der Waals surface area contributed by atoms with Crippen molar-refractivity contribution >= 4 is 11.9 Å². The molecule has 0 saturated carbocycles. The van der Waals surface area contributed by atoms with E-state index in [0.717, 1.165) is 38.5 Å². The molecular weight excluding hydrogens is 1150 g/mol. The lowest BCUT2D eigenvalue weighted by Crippen LogP contribution is -2.28. The maximum Gasteiger partial charge on any atom is 0.306 e. The molecule has 0 heterocycles. The maximum absolute atomic E-state index is 12.4. The lowest BCUT2D eigenvalue weighted by molar-refractivity contribution is -0.161. The van der Waals surface area contributed by atoms with Gasteiger partial charge in [0, 0.05) is 12.8 Å². The van der Waals surface area contributed by atoms with Gasteiger partial charge in [-0.15, -0.1) is 0 Å². The van der Waals surface area contributed by atoms with E-state index in [1.807, 2.05) is 0 Å². The Morgan fingerprint density at radius 2 is 0.426 bits per heavy atom. The van der Waals surface area contributed by atoms with Crippen molar-refractivity contribution in [2.45, 2.75) is 521 Å². The topological polar surface area (TPSA) is 72.8 Å². The number of rotatable bonds is 84. The molecule has 0 aliphatic rings. The fourth-order valence-electron chi connectivity index (χ4n) is 14.2. The van der Waals surface area contributed by atoms with Crippen molar-refractivity contribution in [3.05, 3.63) is 24.3 Å². The van der Waals surface area contributed by atoms with Crippen LogP contribution < -0.4 is 0 Å². The van der Waals surface area contributed by atoms with Gasteiger partial charge in [0.25, 0.3) is 0 Å². The highest BCUT2D eigenvalue weighted by Crippen LogP contribution is 2.21. The predicted molar refractivity (Wildman–Crippen MR) is 418 cm³/mol. The van der Waals surface area contributed by atoms with Gasteiger partial charge < -0.3 is 14.6 Å². The summed E-state index contributed by atoms with van der Waals surface area (Å²) in [4.78, 5) is 24.8. The third-order valence-corrected chi connectivity index (χ3v) is 20.7. The monoisotopic (exact) mass is 1320 g/mol. The first-order valence-electron chi connectivity index (χ1n) is 43.9. The first-order valence-corrected chi connectivity index (χ1v) is 43.9. The first kappa shape index (κ1) is 92.4. The van der Waals surface area contributed by atoms with Crippen LogP contribution in [0.5, 0.6) is 0 Å². The van der Waals surface area contributed by atoms with Crippen LogP contribution >= 0.6 is 0 Å². The summed E-state index contributed by atoms with van der Waals surface area (Å²) < 4.78 is 10.8. The minimum Gasteiger partial charge on any atom is -0.462 e. The summed E-state index contributed by atoms with van der Waals surface area (Å²) in [6.07, 6.45) is 115. The second-order valence-electron chi connectivity index (χ2n) is 30.3. The maximum atomic E-state index is 12.4. The Labute approximate surface area is 591 Å². The largest absolute Gasteiger partial charge is 0.462 e. The molecule has 1 N–H and O–H groups in total. The fourth-order valence-corrected chi connectivity index (χ4v) is 14.2. The standard InChI is InChI=1S/C89H172O5/c1-3-5-7-9-11-13-15-17-19-21-23-25-27-29-31-33-35-37-39-41-43-44-46-48-50-52-54-56-58-60-62-64-66-68-70-72-74-76-78-80-82-84-89(92)94-87(85-90)86-93-88(91)83-81-79-77-75-73-71-69-67-65-63-61-59-57-55-53-51-49-47-45-42-40-38-36-34-32-30-28-26-24-22-20-18-16-14-12-10-8-6-4-2/h15,17,21,23,87,90H,3-14,16,18-20,22,24-86H2,1-2H3/b17-15-,23-21-. The van der Waals surface area contributed by atoms with Gasteiger partial charge in [-0.25, -0.2) is 0 Å². The molecule has 558 valence electrons. The van der Waals surface area contributed by atoms with Gasteiger partial charge in [-0.1, -0.05) is 481 Å². The van der Waals surface area contributed by atoms with Crippen molar-refractivity contribution in [2.24, 2.45) is 0 Å². The number of hydrogen-bond donors (Lipinski definition) is 1. The van der Waals surface area contributed by atoms with Crippen molar-refractivity contribution in [2.75, 3.05) is 13.2 Å². The summed E-state index contributed by atoms with van der Waals surface area (Å²) >= 11 is 0. The van der Waals surface area contributed by atoms with E-state index in [2.05, 4.69) is 38.2 Å². The Morgan fingerprint density at radius 1 is 0.245 bits per heavy atom. The predicted octanol–water partition coefficient (Wildman–Crippen LogP) is 31.0. The van der Waals surface area contributed by atoms with Gasteiger partial charge in [-0.05, 0) is 44.9 Å². The van der Waals surface area contributed by atoms with E-state index in [9.17, 15) is 14.7 Å². The van der Waals surface area contributed by atoms with Gasteiger partial charge >= 0.3 is 11.9 Å². The van der Waals surface area contributed by atoms with E-state index < -0.39 is 6.10 Å². The molecule has 0 aromatic rings. The first-order chi connectivity index (χ1) is 46.6. The van der Waals surface area contributed by atoms with Crippen LogP contribution in [0.1, 0.15) is 515 Å². The number of aliphatic hydroxyl groups is 1. The summed E-state index contributed by atoms with van der Waals surface area (Å²) in [6.45, 7) is 4.22. The van der Waals surface area contributed by atoms with Gasteiger partial charge in [0.05, 0.1) is 6.61 Å². The molecular formula is C89H172O5. The van der Waals surface area contributed by atoms with Crippen LogP contribution in [-0.4, -0.2) is 36.4 Å². The minimum absolute atomic E-state index is 0.0564. The number of unbranched alkanes of at least 4 members (excludes halogenated alkanes) is 72. The molecule has 0 aromatic carbocycles. The summed E-state index contributed by atoms with van der Waals surface area (Å²) in [5, 5.41) is 9.74. The second-order valence-corrected chi connectivity index (χ2v) is 30.3. The van der Waals surface area contributed by atoms with Gasteiger partial charge in [-0.3, -0.25) is 9.59 Å². The van der Waals surface area contributed by atoms with E-state index in [-0.39, 0.29) is 25.2 Å². The van der Waals surface area contributed by atoms with Crippen molar-refractivity contribution in [3.63, 3.8) is 0 Å². The van der Waals surface area contributed by atoms with E-state index in [0.29, 0.717) is 12.8 Å². The van der Waals surface area contributed by atoms with Crippen LogP contribution in [0.3, 0.4) is 0 Å². The molecule has 0 rings (SSSR count). The summed E-state index contributed by atoms with van der Waals surface area (Å²) in [5.41, 5.74) is 0. The molecule has 0 radical (unpaired) electrons. The summed E-state index contributed by atoms with van der Waals surface area (Å²) in [6, 6.07) is 0. The van der Waals surface area contributed by atoms with Gasteiger partial charge in [0.15, 0.2) is 6.10 Å². The molecule has 0 aliphatic carbocycles. The van der Waals surface area contributed by atoms with Crippen molar-refractivity contribution in [3.8, 4) is 0 Å². The van der Waals surface area contributed by atoms with Crippen molar-refractivity contribution < 1.29 is 24.2 Å². The molecule has 5 heteroatoms. The van der Waals surface area contributed by atoms with Crippen molar-refractivity contribution in [1.82, 2.24) is 0 Å². The van der Waals surface area contributed by atoms with E-state index >= 15 is 0 Å². The van der Waals surface area contributed by atoms with Gasteiger partial charge in [0.2, 0.25) is 0 Å². The van der Waals surface area contributed by atoms with Crippen LogP contribution in [0.15, 0.2) is 24.3 Å². The highest BCUT2D eigenvalue weighted by Gasteiger charge is 2.16. The van der Waals surface area contributed by atoms with Crippen molar-refractivity contribution in [1.29, 1.82) is 0 Å². The number of aliphatic hydroxyl groups excluding tert-OH is 1. The molecule has 1 unspecified atom stereocenters. The number of ether oxygens (including phenoxy) is 2. The molecule has 0 spiro atoms. The molecule has 0 saturated heterocycles. The zero-order valence-electron chi connectivity index (χ0n) is 64.5. The van der Waals surface area contributed by atoms with Crippen LogP contribution in [0, 0.1) is 0 Å². The zero-order valence-corrected chi connectivity index (χ0v) is 64.5. The van der Waals surface area contributed by atoms with Crippen LogP contribution in [-0.2, 0) is 19.1 Å². The fraction of sp³-hybridized carbons (Fsp3) is 0.933. The average molecular weight is 1320 g/mol. The normalized spacial score (nSPS) is 12.2. The smallest absolute Gasteiger partial charge is 0.306 e. The van der Waals surface area contributed by atoms with Crippen LogP contribution in [0.25, 0.3) is 0 Å². The second kappa shape index (κ2) is 85.6. The molecule has 0 bridgehead atoms. The number of allylic oxidation sites excluding steroid dienone is 4. The Bertz CT molecular complexity index is 1450. The molecule has 1 atom stereocenters. The van der Waals surface area contributed by atoms with Crippen LogP contribution in [0.4, 0.5) is 0 Å². The minimum atomic E-state index is -0.769. The SMILES string of the molecule is CCCCCCC/C=C\C/C=C\CCCCCCCCCCCCCCCCCCCCCCCCCCCCCCCC(=O)OC(CO)COC(=O)CCCCCCCCCCCCCCCCCCCCCCCCCCCCCCCCCCCCCCCCC. The average Bonchev–Trinajstić information content (AvgIpc) is 3.77. The lowest BCUT2D eigenvalue weighted by atomic mass is 10.0. The Kier molecular flexibility index (Phi) is 84.1. The number of carbonyl (C=O) groups excluding carboxylic acids is 2. The quantitative estimate of drug-likeness (QED) is 0.0373.